The van der Waals surface area contributed by atoms with Gasteiger partial charge in [-0.25, -0.2) is 0 Å². The van der Waals surface area contributed by atoms with Crippen LogP contribution in [0.4, 0.5) is 0 Å². The van der Waals surface area contributed by atoms with Gasteiger partial charge in [-0.05, 0) is 31.4 Å². The second-order valence-electron chi connectivity index (χ2n) is 4.41. The van der Waals surface area contributed by atoms with Crippen LogP contribution in [0, 0.1) is 12.8 Å². The van der Waals surface area contributed by atoms with Crippen LogP contribution in [-0.2, 0) is 4.74 Å². The van der Waals surface area contributed by atoms with Crippen molar-refractivity contribution in [1.82, 2.24) is 0 Å². The van der Waals surface area contributed by atoms with E-state index in [0.29, 0.717) is 12.0 Å². The largest absolute Gasteiger partial charge is 0.378 e. The summed E-state index contributed by atoms with van der Waals surface area (Å²) in [6.45, 7) is 5.09. The maximum atomic E-state index is 6.31. The Bertz CT molecular complexity index is 337. The van der Waals surface area contributed by atoms with Gasteiger partial charge in [-0.1, -0.05) is 24.3 Å². The Labute approximate surface area is 91.4 Å². The van der Waals surface area contributed by atoms with Crippen LogP contribution in [0.5, 0.6) is 0 Å². The summed E-state index contributed by atoms with van der Waals surface area (Å²) in [5.41, 5.74) is 8.86. The Balaban J connectivity index is 2.20. The van der Waals surface area contributed by atoms with E-state index in [4.69, 9.17) is 10.5 Å². The topological polar surface area (TPSA) is 35.2 Å². The Hall–Kier alpha value is -0.860. The molecule has 1 aliphatic rings. The zero-order valence-electron chi connectivity index (χ0n) is 9.44. The Morgan fingerprint density at radius 1 is 1.40 bits per heavy atom. The van der Waals surface area contributed by atoms with E-state index < -0.39 is 0 Å². The fraction of sp³-hybridized carbons (Fsp3) is 0.538. The molecule has 0 spiro atoms. The van der Waals surface area contributed by atoms with Crippen LogP contribution >= 0.6 is 0 Å². The SMILES string of the molecule is Cc1ccccc1C(N)C1CCOC1C. The molecule has 2 N–H and O–H groups in total. The minimum Gasteiger partial charge on any atom is -0.378 e. The quantitative estimate of drug-likeness (QED) is 0.804. The van der Waals surface area contributed by atoms with Crippen molar-refractivity contribution in [3.63, 3.8) is 0 Å². The van der Waals surface area contributed by atoms with Gasteiger partial charge in [0.15, 0.2) is 0 Å². The summed E-state index contributed by atoms with van der Waals surface area (Å²) < 4.78 is 5.57. The number of aryl methyl sites for hydroxylation is 1. The van der Waals surface area contributed by atoms with E-state index in [1.54, 1.807) is 0 Å². The molecule has 0 amide bonds. The van der Waals surface area contributed by atoms with Gasteiger partial charge in [0.1, 0.15) is 0 Å². The lowest BCUT2D eigenvalue weighted by Gasteiger charge is -2.23. The molecular weight excluding hydrogens is 186 g/mol. The molecule has 0 bridgehead atoms. The van der Waals surface area contributed by atoms with Crippen LogP contribution in [0.3, 0.4) is 0 Å². The molecule has 2 nitrogen and oxygen atoms in total. The maximum absolute atomic E-state index is 6.31. The van der Waals surface area contributed by atoms with E-state index in [1.165, 1.54) is 11.1 Å². The standard InChI is InChI=1S/C13H19NO/c1-9-5-3-4-6-11(9)13(14)12-7-8-15-10(12)2/h3-6,10,12-13H,7-8,14H2,1-2H3. The minimum atomic E-state index is 0.115. The molecule has 0 aromatic heterocycles. The van der Waals surface area contributed by atoms with E-state index in [2.05, 4.69) is 38.1 Å². The predicted molar refractivity (Wildman–Crippen MR) is 61.6 cm³/mol. The Kier molecular flexibility index (Phi) is 3.08. The molecule has 1 fully saturated rings. The van der Waals surface area contributed by atoms with Gasteiger partial charge in [0.25, 0.3) is 0 Å². The number of hydrogen-bond donors (Lipinski definition) is 1. The maximum Gasteiger partial charge on any atom is 0.0594 e. The van der Waals surface area contributed by atoms with Gasteiger partial charge in [-0.2, -0.15) is 0 Å². The zero-order chi connectivity index (χ0) is 10.8. The third-order valence-corrected chi connectivity index (χ3v) is 3.44. The molecule has 0 aliphatic carbocycles. The van der Waals surface area contributed by atoms with E-state index in [1.807, 2.05) is 0 Å². The van der Waals surface area contributed by atoms with Crippen molar-refractivity contribution in [3.05, 3.63) is 35.4 Å². The average molecular weight is 205 g/mol. The van der Waals surface area contributed by atoms with Crippen molar-refractivity contribution in [2.24, 2.45) is 11.7 Å². The van der Waals surface area contributed by atoms with Crippen molar-refractivity contribution < 1.29 is 4.74 Å². The summed E-state index contributed by atoms with van der Waals surface area (Å²) in [5.74, 6) is 0.464. The van der Waals surface area contributed by atoms with Crippen molar-refractivity contribution in [3.8, 4) is 0 Å². The average Bonchev–Trinajstić information content (AvgIpc) is 2.64. The highest BCUT2D eigenvalue weighted by atomic mass is 16.5. The van der Waals surface area contributed by atoms with Crippen LogP contribution in [0.1, 0.15) is 30.5 Å². The van der Waals surface area contributed by atoms with E-state index in [0.717, 1.165) is 13.0 Å². The summed E-state index contributed by atoms with van der Waals surface area (Å²) in [6, 6.07) is 8.48. The summed E-state index contributed by atoms with van der Waals surface area (Å²) in [4.78, 5) is 0. The fourth-order valence-electron chi connectivity index (χ4n) is 2.41. The predicted octanol–water partition coefficient (Wildman–Crippen LogP) is 2.42. The van der Waals surface area contributed by atoms with Crippen LogP contribution in [-0.4, -0.2) is 12.7 Å². The first kappa shape index (κ1) is 10.7. The highest BCUT2D eigenvalue weighted by Crippen LogP contribution is 2.32. The Morgan fingerprint density at radius 2 is 2.13 bits per heavy atom. The van der Waals surface area contributed by atoms with Gasteiger partial charge in [-0.3, -0.25) is 0 Å². The summed E-state index contributed by atoms with van der Waals surface area (Å²) in [6.07, 6.45) is 1.37. The lowest BCUT2D eigenvalue weighted by Crippen LogP contribution is -2.27. The third kappa shape index (κ3) is 2.06. The van der Waals surface area contributed by atoms with Gasteiger partial charge in [-0.15, -0.1) is 0 Å². The molecule has 1 aliphatic heterocycles. The first-order valence-electron chi connectivity index (χ1n) is 5.63. The van der Waals surface area contributed by atoms with Crippen LogP contribution in [0.25, 0.3) is 0 Å². The fourth-order valence-corrected chi connectivity index (χ4v) is 2.41. The molecule has 82 valence electrons. The molecule has 0 saturated carbocycles. The van der Waals surface area contributed by atoms with E-state index in [-0.39, 0.29) is 6.04 Å². The first-order chi connectivity index (χ1) is 7.20. The normalized spacial score (nSPS) is 27.9. The molecular formula is C13H19NO. The molecule has 3 unspecified atom stereocenters. The summed E-state index contributed by atoms with van der Waals surface area (Å²) in [5, 5.41) is 0. The minimum absolute atomic E-state index is 0.115. The number of rotatable bonds is 2. The van der Waals surface area contributed by atoms with Crippen LogP contribution in [0.2, 0.25) is 0 Å². The molecule has 1 aromatic carbocycles. The lowest BCUT2D eigenvalue weighted by atomic mass is 9.87. The first-order valence-corrected chi connectivity index (χ1v) is 5.63. The van der Waals surface area contributed by atoms with Crippen LogP contribution < -0.4 is 5.73 Å². The second kappa shape index (κ2) is 4.33. The molecule has 15 heavy (non-hydrogen) atoms. The smallest absolute Gasteiger partial charge is 0.0594 e. The molecule has 1 heterocycles. The number of nitrogens with two attached hydrogens (primary N) is 1. The number of benzene rings is 1. The molecule has 3 atom stereocenters. The molecule has 2 heteroatoms. The highest BCUT2D eigenvalue weighted by molar-refractivity contribution is 5.29. The van der Waals surface area contributed by atoms with Crippen molar-refractivity contribution >= 4 is 0 Å². The van der Waals surface area contributed by atoms with Gasteiger partial charge in [0.05, 0.1) is 6.10 Å². The van der Waals surface area contributed by atoms with Gasteiger partial charge < -0.3 is 10.5 Å². The Morgan fingerprint density at radius 3 is 2.73 bits per heavy atom. The number of ether oxygens (including phenoxy) is 1. The highest BCUT2D eigenvalue weighted by Gasteiger charge is 2.30. The van der Waals surface area contributed by atoms with Gasteiger partial charge in [0.2, 0.25) is 0 Å². The second-order valence-corrected chi connectivity index (χ2v) is 4.41. The zero-order valence-corrected chi connectivity index (χ0v) is 9.44. The monoisotopic (exact) mass is 205 g/mol. The van der Waals surface area contributed by atoms with Gasteiger partial charge in [0, 0.05) is 18.6 Å². The van der Waals surface area contributed by atoms with Crippen molar-refractivity contribution in [1.29, 1.82) is 0 Å². The van der Waals surface area contributed by atoms with Crippen LogP contribution in [0.15, 0.2) is 24.3 Å². The molecule has 1 aromatic rings. The van der Waals surface area contributed by atoms with Gasteiger partial charge >= 0.3 is 0 Å². The molecule has 2 rings (SSSR count). The molecule has 0 radical (unpaired) electrons. The summed E-state index contributed by atoms with van der Waals surface area (Å²) >= 11 is 0. The lowest BCUT2D eigenvalue weighted by molar-refractivity contribution is 0.0994. The van der Waals surface area contributed by atoms with E-state index in [9.17, 15) is 0 Å². The third-order valence-electron chi connectivity index (χ3n) is 3.44. The van der Waals surface area contributed by atoms with Crippen molar-refractivity contribution in [2.45, 2.75) is 32.4 Å². The molecule has 1 saturated heterocycles. The number of hydrogen-bond acceptors (Lipinski definition) is 2. The summed E-state index contributed by atoms with van der Waals surface area (Å²) in [7, 11) is 0. The van der Waals surface area contributed by atoms with Crippen molar-refractivity contribution in [2.75, 3.05) is 6.61 Å². The van der Waals surface area contributed by atoms with E-state index >= 15 is 0 Å².